The molecule has 0 fully saturated rings. The number of benzene rings is 2. The van der Waals surface area contributed by atoms with E-state index in [0.29, 0.717) is 16.6 Å². The first kappa shape index (κ1) is 21.3. The molecule has 3 aromatic rings. The number of hydrogen-bond donors (Lipinski definition) is 2. The summed E-state index contributed by atoms with van der Waals surface area (Å²) in [6.07, 6.45) is -0.771. The zero-order valence-electron chi connectivity index (χ0n) is 17.0. The molecule has 0 saturated heterocycles. The maximum atomic E-state index is 13.5. The summed E-state index contributed by atoms with van der Waals surface area (Å²) < 4.78 is 6.17. The van der Waals surface area contributed by atoms with Crippen molar-refractivity contribution in [3.63, 3.8) is 0 Å². The van der Waals surface area contributed by atoms with Crippen LogP contribution in [0.1, 0.15) is 37.1 Å². The van der Waals surface area contributed by atoms with Crippen molar-refractivity contribution in [3.05, 3.63) is 76.2 Å². The Morgan fingerprint density at radius 2 is 1.93 bits per heavy atom. The van der Waals surface area contributed by atoms with E-state index >= 15 is 0 Å². The van der Waals surface area contributed by atoms with E-state index in [-0.39, 0.29) is 24.4 Å². The molecule has 1 unspecified atom stereocenters. The number of fused-ring (bicyclic) bond motifs is 1. The summed E-state index contributed by atoms with van der Waals surface area (Å²) in [6, 6.07) is 16.2. The van der Waals surface area contributed by atoms with Crippen molar-refractivity contribution in [2.45, 2.75) is 31.9 Å². The van der Waals surface area contributed by atoms with Gasteiger partial charge in [-0.05, 0) is 43.0 Å². The Morgan fingerprint density at radius 3 is 2.60 bits per heavy atom. The molecular weight excluding hydrogens is 380 g/mol. The number of pyridine rings is 1. The van der Waals surface area contributed by atoms with E-state index in [1.54, 1.807) is 10.6 Å². The van der Waals surface area contributed by atoms with Gasteiger partial charge < -0.3 is 15.6 Å². The van der Waals surface area contributed by atoms with Gasteiger partial charge in [-0.1, -0.05) is 42.2 Å². The van der Waals surface area contributed by atoms with E-state index in [0.717, 1.165) is 11.1 Å². The molecule has 2 atom stereocenters. The van der Waals surface area contributed by atoms with E-state index in [1.807, 2.05) is 55.5 Å². The lowest BCUT2D eigenvalue weighted by Gasteiger charge is -2.17. The summed E-state index contributed by atoms with van der Waals surface area (Å²) in [5.74, 6) is 5.21. The molecule has 0 radical (unpaired) electrons. The summed E-state index contributed by atoms with van der Waals surface area (Å²) in [7, 11) is 1.30. The van der Waals surface area contributed by atoms with Crippen molar-refractivity contribution < 1.29 is 14.6 Å². The Labute approximate surface area is 174 Å². The molecule has 0 spiro atoms. The minimum atomic E-state index is -1.00. The van der Waals surface area contributed by atoms with Gasteiger partial charge in [0.1, 0.15) is 6.10 Å². The minimum absolute atomic E-state index is 0.0699. The van der Waals surface area contributed by atoms with Gasteiger partial charge in [-0.25, -0.2) is 0 Å². The summed E-state index contributed by atoms with van der Waals surface area (Å²) >= 11 is 0. The Balaban J connectivity index is 2.12. The van der Waals surface area contributed by atoms with Gasteiger partial charge in [-0.3, -0.25) is 14.2 Å². The molecule has 30 heavy (non-hydrogen) atoms. The van der Waals surface area contributed by atoms with Gasteiger partial charge in [-0.15, -0.1) is 0 Å². The highest BCUT2D eigenvalue weighted by Gasteiger charge is 2.15. The first-order chi connectivity index (χ1) is 14.4. The molecule has 0 aliphatic rings. The lowest BCUT2D eigenvalue weighted by molar-refractivity contribution is -0.141. The van der Waals surface area contributed by atoms with Gasteiger partial charge >= 0.3 is 5.97 Å². The molecule has 3 rings (SSSR count). The molecule has 6 heteroatoms. The van der Waals surface area contributed by atoms with Crippen LogP contribution in [0.2, 0.25) is 0 Å². The number of aliphatic hydroxyl groups excluding tert-OH is 1. The molecule has 0 amide bonds. The summed E-state index contributed by atoms with van der Waals surface area (Å²) in [6.45, 7) is 1.83. The van der Waals surface area contributed by atoms with E-state index in [2.05, 4.69) is 16.6 Å². The minimum Gasteiger partial charge on any atom is -0.469 e. The van der Waals surface area contributed by atoms with Crippen LogP contribution in [0.3, 0.4) is 0 Å². The van der Waals surface area contributed by atoms with E-state index < -0.39 is 12.1 Å². The molecule has 1 heterocycles. The number of nitrogens with zero attached hydrogens (tertiary/aromatic N) is 1. The Bertz CT molecular complexity index is 1170. The van der Waals surface area contributed by atoms with Crippen LogP contribution in [0.4, 0.5) is 0 Å². The Hall–Kier alpha value is -3.40. The molecule has 2 aromatic carbocycles. The number of ether oxygens (including phenoxy) is 1. The fourth-order valence-electron chi connectivity index (χ4n) is 3.25. The molecule has 154 valence electrons. The van der Waals surface area contributed by atoms with Crippen molar-refractivity contribution in [3.8, 4) is 17.5 Å². The number of methoxy groups -OCH3 is 1. The third-order valence-electron chi connectivity index (χ3n) is 4.78. The van der Waals surface area contributed by atoms with Gasteiger partial charge in [0, 0.05) is 29.4 Å². The number of rotatable bonds is 5. The van der Waals surface area contributed by atoms with Crippen molar-refractivity contribution in [2.24, 2.45) is 5.73 Å². The zero-order chi connectivity index (χ0) is 21.7. The van der Waals surface area contributed by atoms with Crippen LogP contribution in [0, 0.1) is 11.8 Å². The van der Waals surface area contributed by atoms with Crippen LogP contribution < -0.4 is 11.3 Å². The number of aromatic nitrogens is 1. The predicted molar refractivity (Wildman–Crippen MR) is 116 cm³/mol. The van der Waals surface area contributed by atoms with Gasteiger partial charge in [0.2, 0.25) is 0 Å². The number of esters is 1. The number of carbonyl (C=O) groups excluding carboxylic acids is 1. The summed E-state index contributed by atoms with van der Waals surface area (Å²) in [5, 5.41) is 11.3. The maximum absolute atomic E-state index is 13.5. The highest BCUT2D eigenvalue weighted by atomic mass is 16.5. The van der Waals surface area contributed by atoms with Crippen LogP contribution in [0.5, 0.6) is 0 Å². The zero-order valence-corrected chi connectivity index (χ0v) is 17.0. The van der Waals surface area contributed by atoms with E-state index in [9.17, 15) is 14.7 Å². The van der Waals surface area contributed by atoms with Gasteiger partial charge in [0.15, 0.2) is 0 Å². The third kappa shape index (κ3) is 4.60. The highest BCUT2D eigenvalue weighted by molar-refractivity contribution is 5.88. The largest absolute Gasteiger partial charge is 0.469 e. The smallest absolute Gasteiger partial charge is 0.305 e. The van der Waals surface area contributed by atoms with E-state index in [1.165, 1.54) is 7.11 Å². The maximum Gasteiger partial charge on any atom is 0.305 e. The number of aliphatic hydroxyl groups is 1. The topological polar surface area (TPSA) is 94.5 Å². The normalized spacial score (nSPS) is 12.7. The quantitative estimate of drug-likeness (QED) is 0.504. The molecular formula is C24H24N2O4. The van der Waals surface area contributed by atoms with Crippen LogP contribution in [0.25, 0.3) is 16.5 Å². The molecule has 0 bridgehead atoms. The van der Waals surface area contributed by atoms with Crippen molar-refractivity contribution in [1.29, 1.82) is 0 Å². The first-order valence-corrected chi connectivity index (χ1v) is 9.68. The molecule has 1 aromatic heterocycles. The lowest BCUT2D eigenvalue weighted by atomic mass is 10.0. The molecule has 0 aliphatic carbocycles. The molecule has 0 aliphatic heterocycles. The van der Waals surface area contributed by atoms with Crippen LogP contribution in [-0.4, -0.2) is 28.9 Å². The predicted octanol–water partition coefficient (Wildman–Crippen LogP) is 2.68. The first-order valence-electron chi connectivity index (χ1n) is 9.68. The third-order valence-corrected chi connectivity index (χ3v) is 4.78. The average molecular weight is 404 g/mol. The second-order valence-corrected chi connectivity index (χ2v) is 7.00. The Kier molecular flexibility index (Phi) is 6.68. The number of hydrogen-bond acceptors (Lipinski definition) is 5. The second kappa shape index (κ2) is 9.40. The van der Waals surface area contributed by atoms with Gasteiger partial charge in [0.25, 0.3) is 5.56 Å². The highest BCUT2D eigenvalue weighted by Crippen LogP contribution is 2.22. The average Bonchev–Trinajstić information content (AvgIpc) is 2.76. The number of carbonyl (C=O) groups is 1. The number of para-hydroxylation sites is 1. The van der Waals surface area contributed by atoms with Crippen LogP contribution >= 0.6 is 0 Å². The molecule has 3 N–H and O–H groups in total. The second-order valence-electron chi connectivity index (χ2n) is 7.00. The van der Waals surface area contributed by atoms with Crippen LogP contribution in [0.15, 0.2) is 59.4 Å². The van der Waals surface area contributed by atoms with Crippen molar-refractivity contribution in [1.82, 2.24) is 4.57 Å². The number of nitrogens with two attached hydrogens (primary N) is 1. The summed E-state index contributed by atoms with van der Waals surface area (Å²) in [5.41, 5.74) is 7.86. The summed E-state index contributed by atoms with van der Waals surface area (Å²) in [4.78, 5) is 24.7. The lowest BCUT2D eigenvalue weighted by Crippen LogP contribution is -2.26. The molecule has 0 saturated carbocycles. The van der Waals surface area contributed by atoms with Crippen molar-refractivity contribution in [2.75, 3.05) is 7.11 Å². The fourth-order valence-corrected chi connectivity index (χ4v) is 3.25. The van der Waals surface area contributed by atoms with Gasteiger partial charge in [-0.2, -0.15) is 0 Å². The van der Waals surface area contributed by atoms with Crippen LogP contribution in [-0.2, 0) is 9.53 Å². The molecule has 6 nitrogen and oxygen atoms in total. The Morgan fingerprint density at radius 1 is 1.20 bits per heavy atom. The van der Waals surface area contributed by atoms with E-state index in [4.69, 9.17) is 5.73 Å². The monoisotopic (exact) mass is 404 g/mol. The fraction of sp³-hybridized carbons (Fsp3) is 0.250. The van der Waals surface area contributed by atoms with Gasteiger partial charge in [0.05, 0.1) is 12.5 Å². The van der Waals surface area contributed by atoms with Crippen molar-refractivity contribution >= 4 is 16.7 Å². The standard InChI is InChI=1S/C24H24N2O4/c1-16(25)21-15-18-8-6-7-17(11-12-20(27)13-14-22(28)30-2)23(18)24(29)26(21)19-9-4-3-5-10-19/h3-10,15-16,20,27H,13-14,25H2,1-2H3/t16-,20?/m0/s1. The SMILES string of the molecule is COC(=O)CCC(O)C#Cc1cccc2cc([C@H](C)N)n(-c3ccccc3)c(=O)c12.